The minimum absolute atomic E-state index is 0.0221. The smallest absolute Gasteiger partial charge is 0.244 e. The Labute approximate surface area is 166 Å². The van der Waals surface area contributed by atoms with E-state index in [-0.39, 0.29) is 24.8 Å². The van der Waals surface area contributed by atoms with Gasteiger partial charge in [-0.2, -0.15) is 0 Å². The average Bonchev–Trinajstić information content (AvgIpc) is 2.69. The third-order valence-electron chi connectivity index (χ3n) is 4.40. The lowest BCUT2D eigenvalue weighted by Gasteiger charge is -2.22. The molecule has 6 nitrogen and oxygen atoms in total. The van der Waals surface area contributed by atoms with Gasteiger partial charge in [0, 0.05) is 12.2 Å². The highest BCUT2D eigenvalue weighted by Gasteiger charge is 2.18. The van der Waals surface area contributed by atoms with E-state index in [0.29, 0.717) is 18.0 Å². The Bertz CT molecular complexity index is 820. The molecule has 0 aromatic heterocycles. The summed E-state index contributed by atoms with van der Waals surface area (Å²) in [4.78, 5) is 26.8. The second kappa shape index (κ2) is 10.3. The zero-order valence-corrected chi connectivity index (χ0v) is 17.0. The fourth-order valence-electron chi connectivity index (χ4n) is 2.92. The lowest BCUT2D eigenvalue weighted by Crippen LogP contribution is -2.39. The van der Waals surface area contributed by atoms with E-state index >= 15 is 0 Å². The van der Waals surface area contributed by atoms with E-state index in [1.807, 2.05) is 44.2 Å². The maximum atomic E-state index is 12.8. The van der Waals surface area contributed by atoms with Gasteiger partial charge >= 0.3 is 0 Å². The van der Waals surface area contributed by atoms with Crippen LogP contribution in [0.2, 0.25) is 0 Å². The second-order valence-electron chi connectivity index (χ2n) is 6.54. The maximum Gasteiger partial charge on any atom is 0.244 e. The highest BCUT2D eigenvalue weighted by molar-refractivity contribution is 5.95. The van der Waals surface area contributed by atoms with Gasteiger partial charge in [0.2, 0.25) is 11.8 Å². The third kappa shape index (κ3) is 5.74. The summed E-state index contributed by atoms with van der Waals surface area (Å²) in [6, 6.07) is 13.0. The first-order chi connectivity index (χ1) is 13.5. The fourth-order valence-corrected chi connectivity index (χ4v) is 2.92. The van der Waals surface area contributed by atoms with Crippen molar-refractivity contribution < 1.29 is 19.1 Å². The van der Waals surface area contributed by atoms with E-state index in [0.717, 1.165) is 23.2 Å². The number of amides is 2. The number of anilines is 1. The van der Waals surface area contributed by atoms with E-state index in [2.05, 4.69) is 5.32 Å². The van der Waals surface area contributed by atoms with E-state index < -0.39 is 0 Å². The van der Waals surface area contributed by atoms with Gasteiger partial charge < -0.3 is 19.7 Å². The van der Waals surface area contributed by atoms with Gasteiger partial charge in [0.05, 0.1) is 27.2 Å². The monoisotopic (exact) mass is 384 g/mol. The van der Waals surface area contributed by atoms with E-state index in [9.17, 15) is 9.59 Å². The quantitative estimate of drug-likeness (QED) is 0.719. The number of hydrogen-bond acceptors (Lipinski definition) is 4. The van der Waals surface area contributed by atoms with Crippen LogP contribution in [0.15, 0.2) is 42.5 Å². The van der Waals surface area contributed by atoms with Crippen molar-refractivity contribution in [2.75, 3.05) is 32.6 Å². The Morgan fingerprint density at radius 1 is 1.04 bits per heavy atom. The number of para-hydroxylation sites is 1. The normalized spacial score (nSPS) is 10.3. The first-order valence-electron chi connectivity index (χ1n) is 9.32. The molecular formula is C22H28N2O4. The second-order valence-corrected chi connectivity index (χ2v) is 6.54. The molecule has 0 saturated carbocycles. The zero-order chi connectivity index (χ0) is 20.5. The SMILES string of the molecule is CCCN(CC(=O)Nc1ccccc1C)C(=O)Cc1ccc(OC)c(OC)c1. The molecular weight excluding hydrogens is 356 g/mol. The molecule has 0 bridgehead atoms. The molecule has 2 amide bonds. The summed E-state index contributed by atoms with van der Waals surface area (Å²) in [5.74, 6) is 0.881. The van der Waals surface area contributed by atoms with Gasteiger partial charge in [0.25, 0.3) is 0 Å². The van der Waals surface area contributed by atoms with Gasteiger partial charge in [0.1, 0.15) is 0 Å². The number of ether oxygens (including phenoxy) is 2. The van der Waals surface area contributed by atoms with Crippen LogP contribution in [-0.4, -0.2) is 44.0 Å². The van der Waals surface area contributed by atoms with Crippen LogP contribution in [-0.2, 0) is 16.0 Å². The number of nitrogens with zero attached hydrogens (tertiary/aromatic N) is 1. The molecule has 0 heterocycles. The molecule has 6 heteroatoms. The van der Waals surface area contributed by atoms with E-state index in [1.165, 1.54) is 0 Å². The van der Waals surface area contributed by atoms with Crippen LogP contribution in [0.4, 0.5) is 5.69 Å². The molecule has 2 aromatic carbocycles. The maximum absolute atomic E-state index is 12.8. The lowest BCUT2D eigenvalue weighted by atomic mass is 10.1. The summed E-state index contributed by atoms with van der Waals surface area (Å²) >= 11 is 0. The molecule has 2 rings (SSSR count). The standard InChI is InChI=1S/C22H28N2O4/c1-5-12-24(15-21(25)23-18-9-7-6-8-16(18)2)22(26)14-17-10-11-19(27-3)20(13-17)28-4/h6-11,13H,5,12,14-15H2,1-4H3,(H,23,25). The van der Waals surface area contributed by atoms with Gasteiger partial charge in [-0.25, -0.2) is 0 Å². The first kappa shape index (κ1) is 21.3. The van der Waals surface area contributed by atoms with Crippen LogP contribution in [0.5, 0.6) is 11.5 Å². The number of nitrogens with one attached hydrogen (secondary N) is 1. The van der Waals surface area contributed by atoms with Crippen molar-refractivity contribution in [3.05, 3.63) is 53.6 Å². The third-order valence-corrected chi connectivity index (χ3v) is 4.40. The van der Waals surface area contributed by atoms with Gasteiger partial charge in [-0.1, -0.05) is 31.2 Å². The number of aryl methyl sites for hydroxylation is 1. The van der Waals surface area contributed by atoms with Crippen molar-refractivity contribution in [1.29, 1.82) is 0 Å². The Hall–Kier alpha value is -3.02. The van der Waals surface area contributed by atoms with Gasteiger partial charge in [-0.3, -0.25) is 9.59 Å². The van der Waals surface area contributed by atoms with Crippen LogP contribution in [0, 0.1) is 6.92 Å². The van der Waals surface area contributed by atoms with E-state index in [4.69, 9.17) is 9.47 Å². The average molecular weight is 384 g/mol. The number of rotatable bonds is 9. The number of carbonyl (C=O) groups is 2. The number of hydrogen-bond donors (Lipinski definition) is 1. The van der Waals surface area contributed by atoms with Crippen molar-refractivity contribution in [2.45, 2.75) is 26.7 Å². The predicted molar refractivity (Wildman–Crippen MR) is 110 cm³/mol. The molecule has 0 aliphatic carbocycles. The van der Waals surface area contributed by atoms with Crippen LogP contribution in [0.25, 0.3) is 0 Å². The minimum Gasteiger partial charge on any atom is -0.493 e. The summed E-state index contributed by atoms with van der Waals surface area (Å²) in [6.07, 6.45) is 0.966. The van der Waals surface area contributed by atoms with Crippen molar-refractivity contribution >= 4 is 17.5 Å². The molecule has 0 aliphatic rings. The molecule has 0 saturated heterocycles. The molecule has 0 aliphatic heterocycles. The number of benzene rings is 2. The van der Waals surface area contributed by atoms with Gasteiger partial charge in [0.15, 0.2) is 11.5 Å². The number of carbonyl (C=O) groups excluding carboxylic acids is 2. The van der Waals surface area contributed by atoms with Crippen LogP contribution >= 0.6 is 0 Å². The van der Waals surface area contributed by atoms with Crippen molar-refractivity contribution in [3.8, 4) is 11.5 Å². The molecule has 0 atom stereocenters. The molecule has 150 valence electrons. The van der Waals surface area contributed by atoms with Gasteiger partial charge in [-0.05, 0) is 42.7 Å². The Morgan fingerprint density at radius 3 is 2.39 bits per heavy atom. The Morgan fingerprint density at radius 2 is 1.75 bits per heavy atom. The fraction of sp³-hybridized carbons (Fsp3) is 0.364. The first-order valence-corrected chi connectivity index (χ1v) is 9.32. The molecule has 1 N–H and O–H groups in total. The Kier molecular flexibility index (Phi) is 7.87. The van der Waals surface area contributed by atoms with Gasteiger partial charge in [-0.15, -0.1) is 0 Å². The molecule has 0 unspecified atom stereocenters. The molecule has 0 spiro atoms. The molecule has 2 aromatic rings. The minimum atomic E-state index is -0.205. The van der Waals surface area contributed by atoms with Crippen LogP contribution in [0.3, 0.4) is 0 Å². The van der Waals surface area contributed by atoms with Crippen molar-refractivity contribution in [2.24, 2.45) is 0 Å². The lowest BCUT2D eigenvalue weighted by molar-refractivity contribution is -0.134. The summed E-state index contributed by atoms with van der Waals surface area (Å²) in [5, 5.41) is 2.88. The zero-order valence-electron chi connectivity index (χ0n) is 17.0. The summed E-state index contributed by atoms with van der Waals surface area (Å²) in [6.45, 7) is 4.46. The highest BCUT2D eigenvalue weighted by Crippen LogP contribution is 2.27. The molecule has 0 radical (unpaired) electrons. The molecule has 0 fully saturated rings. The Balaban J connectivity index is 2.05. The van der Waals surface area contributed by atoms with Crippen molar-refractivity contribution in [3.63, 3.8) is 0 Å². The highest BCUT2D eigenvalue weighted by atomic mass is 16.5. The van der Waals surface area contributed by atoms with E-state index in [1.54, 1.807) is 31.3 Å². The van der Waals surface area contributed by atoms with Crippen molar-refractivity contribution in [1.82, 2.24) is 4.90 Å². The topological polar surface area (TPSA) is 67.9 Å². The van der Waals surface area contributed by atoms with Crippen LogP contribution < -0.4 is 14.8 Å². The summed E-state index contributed by atoms with van der Waals surface area (Å²) in [5.41, 5.74) is 2.55. The van der Waals surface area contributed by atoms with Crippen LogP contribution in [0.1, 0.15) is 24.5 Å². The largest absolute Gasteiger partial charge is 0.493 e. The predicted octanol–water partition coefficient (Wildman–Crippen LogP) is 3.43. The molecule has 28 heavy (non-hydrogen) atoms. The summed E-state index contributed by atoms with van der Waals surface area (Å²) < 4.78 is 10.5. The number of methoxy groups -OCH3 is 2. The summed E-state index contributed by atoms with van der Waals surface area (Å²) in [7, 11) is 3.13.